The molecule has 0 saturated heterocycles. The fourth-order valence-corrected chi connectivity index (χ4v) is 1.98. The van der Waals surface area contributed by atoms with Crippen molar-refractivity contribution in [1.82, 2.24) is 10.3 Å². The van der Waals surface area contributed by atoms with Gasteiger partial charge < -0.3 is 25.9 Å². The summed E-state index contributed by atoms with van der Waals surface area (Å²) in [5.74, 6) is -1.39. The molecule has 21 heavy (non-hydrogen) atoms. The van der Waals surface area contributed by atoms with E-state index in [4.69, 9.17) is 10.5 Å². The highest BCUT2D eigenvalue weighted by molar-refractivity contribution is 6.04. The highest BCUT2D eigenvalue weighted by Crippen LogP contribution is 2.28. The minimum atomic E-state index is -0.955. The van der Waals surface area contributed by atoms with Gasteiger partial charge in [0, 0.05) is 17.4 Å². The van der Waals surface area contributed by atoms with Crippen LogP contribution in [0, 0.1) is 0 Å². The van der Waals surface area contributed by atoms with Gasteiger partial charge in [0.05, 0.1) is 6.61 Å². The van der Waals surface area contributed by atoms with E-state index in [0.717, 1.165) is 0 Å². The molecule has 1 atom stereocenters. The maximum absolute atomic E-state index is 12.1. The molecular formula is C14H17N3O4. The molecule has 1 amide bonds. The van der Waals surface area contributed by atoms with Crippen LogP contribution < -0.4 is 11.1 Å². The van der Waals surface area contributed by atoms with E-state index in [1.165, 1.54) is 0 Å². The first kappa shape index (κ1) is 14.9. The van der Waals surface area contributed by atoms with Gasteiger partial charge >= 0.3 is 5.97 Å². The predicted octanol–water partition coefficient (Wildman–Crippen LogP) is 0.494. The van der Waals surface area contributed by atoms with Gasteiger partial charge in [-0.1, -0.05) is 12.1 Å². The molecule has 0 saturated carbocycles. The summed E-state index contributed by atoms with van der Waals surface area (Å²) in [6.07, 6.45) is 0. The first-order valence-corrected chi connectivity index (χ1v) is 6.55. The third-order valence-electron chi connectivity index (χ3n) is 3.02. The number of aromatic amines is 1. The highest BCUT2D eigenvalue weighted by atomic mass is 16.5. The lowest BCUT2D eigenvalue weighted by molar-refractivity contribution is -0.145. The number of aromatic nitrogens is 1. The normalized spacial score (nSPS) is 12.1. The van der Waals surface area contributed by atoms with Crippen molar-refractivity contribution in [2.24, 2.45) is 5.73 Å². The van der Waals surface area contributed by atoms with Crippen LogP contribution in [-0.2, 0) is 9.53 Å². The number of esters is 1. The Hall–Kier alpha value is -2.54. The highest BCUT2D eigenvalue weighted by Gasteiger charge is 2.24. The van der Waals surface area contributed by atoms with Crippen molar-refractivity contribution < 1.29 is 19.4 Å². The van der Waals surface area contributed by atoms with Crippen LogP contribution in [-0.4, -0.2) is 41.2 Å². The maximum Gasteiger partial charge on any atom is 0.329 e. The summed E-state index contributed by atoms with van der Waals surface area (Å²) in [6.45, 7) is 1.77. The Morgan fingerprint density at radius 3 is 2.76 bits per heavy atom. The smallest absolute Gasteiger partial charge is 0.329 e. The molecule has 5 N–H and O–H groups in total. The Kier molecular flexibility index (Phi) is 4.44. The van der Waals surface area contributed by atoms with E-state index >= 15 is 0 Å². The van der Waals surface area contributed by atoms with Gasteiger partial charge in [-0.25, -0.2) is 4.79 Å². The first-order valence-electron chi connectivity index (χ1n) is 6.55. The molecule has 1 aromatic heterocycles. The van der Waals surface area contributed by atoms with Gasteiger partial charge in [0.2, 0.25) is 0 Å². The third kappa shape index (κ3) is 2.97. The minimum absolute atomic E-state index is 0.0149. The number of hydrogen-bond acceptors (Lipinski definition) is 5. The predicted molar refractivity (Wildman–Crippen MR) is 76.9 cm³/mol. The van der Waals surface area contributed by atoms with Crippen LogP contribution >= 0.6 is 0 Å². The molecule has 0 aliphatic rings. The van der Waals surface area contributed by atoms with Crippen molar-refractivity contribution in [2.75, 3.05) is 13.2 Å². The maximum atomic E-state index is 12.1. The summed E-state index contributed by atoms with van der Waals surface area (Å²) in [6, 6.07) is 5.99. The molecule has 7 heteroatoms. The second-order valence-electron chi connectivity index (χ2n) is 4.41. The molecule has 2 rings (SSSR count). The lowest BCUT2D eigenvalue weighted by Crippen LogP contribution is -2.46. The number of amides is 1. The van der Waals surface area contributed by atoms with Crippen molar-refractivity contribution in [3.05, 3.63) is 30.0 Å². The zero-order chi connectivity index (χ0) is 15.4. The molecule has 0 aliphatic carbocycles. The van der Waals surface area contributed by atoms with Crippen LogP contribution in [0.3, 0.4) is 0 Å². The molecule has 0 fully saturated rings. The second-order valence-corrected chi connectivity index (χ2v) is 4.41. The Bertz CT molecular complexity index is 665. The number of hydrogen-bond donors (Lipinski definition) is 4. The Morgan fingerprint density at radius 1 is 1.43 bits per heavy atom. The van der Waals surface area contributed by atoms with Crippen LogP contribution in [0.15, 0.2) is 24.3 Å². The van der Waals surface area contributed by atoms with Gasteiger partial charge in [0.1, 0.15) is 11.7 Å². The summed E-state index contributed by atoms with van der Waals surface area (Å²) < 4.78 is 4.81. The van der Waals surface area contributed by atoms with Gasteiger partial charge in [0.15, 0.2) is 5.75 Å². The standard InChI is InChI=1S/C14H17N3O4/c1-2-21-14(20)10(7-15)17-13(19)11-12(18)8-5-3-4-6-9(8)16-11/h3-6,10,16,18H,2,7,15H2,1H3,(H,17,19). The van der Waals surface area contributed by atoms with E-state index in [2.05, 4.69) is 10.3 Å². The number of carbonyl (C=O) groups is 2. The first-order chi connectivity index (χ1) is 10.1. The minimum Gasteiger partial charge on any atom is -0.505 e. The summed E-state index contributed by atoms with van der Waals surface area (Å²) in [4.78, 5) is 26.6. The number of H-pyrrole nitrogens is 1. The number of rotatable bonds is 5. The summed E-state index contributed by atoms with van der Waals surface area (Å²) >= 11 is 0. The Labute approximate surface area is 121 Å². The van der Waals surface area contributed by atoms with Gasteiger partial charge in [-0.15, -0.1) is 0 Å². The average molecular weight is 291 g/mol. The Balaban J connectivity index is 2.22. The fraction of sp³-hybridized carbons (Fsp3) is 0.286. The lowest BCUT2D eigenvalue weighted by atomic mass is 10.2. The van der Waals surface area contributed by atoms with E-state index in [-0.39, 0.29) is 24.6 Å². The molecular weight excluding hydrogens is 274 g/mol. The van der Waals surface area contributed by atoms with E-state index in [9.17, 15) is 14.7 Å². The molecule has 2 aromatic rings. The van der Waals surface area contributed by atoms with Crippen LogP contribution in [0.2, 0.25) is 0 Å². The molecule has 1 aromatic carbocycles. The van der Waals surface area contributed by atoms with Crippen LogP contribution in [0.1, 0.15) is 17.4 Å². The number of ether oxygens (including phenoxy) is 1. The number of nitrogens with two attached hydrogens (primary N) is 1. The van der Waals surface area contributed by atoms with Gasteiger partial charge in [-0.05, 0) is 19.1 Å². The molecule has 0 bridgehead atoms. The zero-order valence-electron chi connectivity index (χ0n) is 11.6. The van der Waals surface area contributed by atoms with E-state index in [1.54, 1.807) is 31.2 Å². The summed E-state index contributed by atoms with van der Waals surface area (Å²) in [5, 5.41) is 13.0. The van der Waals surface area contributed by atoms with E-state index in [0.29, 0.717) is 10.9 Å². The van der Waals surface area contributed by atoms with Crippen molar-refractivity contribution in [3.63, 3.8) is 0 Å². The zero-order valence-corrected chi connectivity index (χ0v) is 11.6. The van der Waals surface area contributed by atoms with Crippen LogP contribution in [0.25, 0.3) is 10.9 Å². The number of carbonyl (C=O) groups excluding carboxylic acids is 2. The lowest BCUT2D eigenvalue weighted by Gasteiger charge is -2.14. The molecule has 0 aliphatic heterocycles. The number of fused-ring (bicyclic) bond motifs is 1. The van der Waals surface area contributed by atoms with E-state index in [1.807, 2.05) is 0 Å². The third-order valence-corrected chi connectivity index (χ3v) is 3.02. The van der Waals surface area contributed by atoms with Crippen molar-refractivity contribution in [1.29, 1.82) is 0 Å². The topological polar surface area (TPSA) is 117 Å². The quantitative estimate of drug-likeness (QED) is 0.598. The number of para-hydroxylation sites is 1. The van der Waals surface area contributed by atoms with Crippen LogP contribution in [0.4, 0.5) is 0 Å². The molecule has 112 valence electrons. The molecule has 7 nitrogen and oxygen atoms in total. The van der Waals surface area contributed by atoms with Crippen LogP contribution in [0.5, 0.6) is 5.75 Å². The monoisotopic (exact) mass is 291 g/mol. The molecule has 1 unspecified atom stereocenters. The molecule has 0 radical (unpaired) electrons. The average Bonchev–Trinajstić information content (AvgIpc) is 2.82. The molecule has 1 heterocycles. The number of aromatic hydroxyl groups is 1. The summed E-state index contributed by atoms with van der Waals surface area (Å²) in [7, 11) is 0. The summed E-state index contributed by atoms with van der Waals surface area (Å²) in [5.41, 5.74) is 6.07. The largest absolute Gasteiger partial charge is 0.505 e. The van der Waals surface area contributed by atoms with Gasteiger partial charge in [-0.3, -0.25) is 4.79 Å². The van der Waals surface area contributed by atoms with Gasteiger partial charge in [-0.2, -0.15) is 0 Å². The SMILES string of the molecule is CCOC(=O)C(CN)NC(=O)c1[nH]c2ccccc2c1O. The number of benzene rings is 1. The van der Waals surface area contributed by atoms with Crippen molar-refractivity contribution in [3.8, 4) is 5.75 Å². The Morgan fingerprint density at radius 2 is 2.14 bits per heavy atom. The number of nitrogens with one attached hydrogen (secondary N) is 2. The molecule has 0 spiro atoms. The van der Waals surface area contributed by atoms with Crippen molar-refractivity contribution >= 4 is 22.8 Å². The second kappa shape index (κ2) is 6.27. The van der Waals surface area contributed by atoms with Crippen molar-refractivity contribution in [2.45, 2.75) is 13.0 Å². The van der Waals surface area contributed by atoms with E-state index < -0.39 is 17.9 Å². The van der Waals surface area contributed by atoms with Gasteiger partial charge in [0.25, 0.3) is 5.91 Å². The fourth-order valence-electron chi connectivity index (χ4n) is 1.98.